The summed E-state index contributed by atoms with van der Waals surface area (Å²) in [5, 5.41) is 13.5. The Labute approximate surface area is 224 Å². The fourth-order valence-corrected chi connectivity index (χ4v) is 5.05. The monoisotopic (exact) mass is 517 g/mol. The van der Waals surface area contributed by atoms with Crippen LogP contribution in [0.5, 0.6) is 0 Å². The second kappa shape index (κ2) is 11.2. The average molecular weight is 518 g/mol. The molecule has 0 unspecified atom stereocenters. The predicted octanol–water partition coefficient (Wildman–Crippen LogP) is 7.43. The lowest BCUT2D eigenvalue weighted by Gasteiger charge is -2.11. The molecule has 2 N–H and O–H groups in total. The van der Waals surface area contributed by atoms with Gasteiger partial charge in [0.05, 0.1) is 11.3 Å². The smallest absolute Gasteiger partial charge is 0.336 e. The molecule has 0 aliphatic carbocycles. The molecule has 0 spiro atoms. The molecule has 38 heavy (non-hydrogen) atoms. The Morgan fingerprint density at radius 1 is 0.658 bits per heavy atom. The van der Waals surface area contributed by atoms with Gasteiger partial charge >= 0.3 is 5.97 Å². The number of Topliss-reactive ketones (excluding diaryl/α,β-unsaturated/α-hetero) is 1. The third-order valence-corrected chi connectivity index (χ3v) is 7.19. The molecule has 0 saturated carbocycles. The van der Waals surface area contributed by atoms with Crippen LogP contribution < -0.4 is 5.32 Å². The van der Waals surface area contributed by atoms with Crippen molar-refractivity contribution in [1.29, 1.82) is 0 Å². The van der Waals surface area contributed by atoms with E-state index in [0.717, 1.165) is 16.0 Å². The van der Waals surface area contributed by atoms with Crippen molar-refractivity contribution < 1.29 is 19.5 Å². The Morgan fingerprint density at radius 3 is 1.95 bits per heavy atom. The number of carboxylic acid groups (broad SMARTS) is 1. The molecule has 0 fully saturated rings. The van der Waals surface area contributed by atoms with Gasteiger partial charge in [0.1, 0.15) is 0 Å². The molecule has 0 aliphatic heterocycles. The number of nitrogens with one attached hydrogen (secondary N) is 1. The summed E-state index contributed by atoms with van der Waals surface area (Å²) in [5.74, 6) is -1.14. The standard InChI is InChI=1S/C32H23NO4S/c34-29(23-14-12-22(13-15-23)21-6-2-1-3-7-21)20-38-26-18-16-25(17-19-26)33-31(35)27-10-4-8-24-9-5-11-28(30(24)27)32(36)37/h1-19H,20H2,(H,33,35)(H,36,37). The minimum atomic E-state index is -1.08. The zero-order chi connectivity index (χ0) is 26.5. The second-order valence-corrected chi connectivity index (χ2v) is 9.70. The van der Waals surface area contributed by atoms with Gasteiger partial charge < -0.3 is 10.4 Å². The molecule has 1 amide bonds. The van der Waals surface area contributed by atoms with Gasteiger partial charge in [-0.1, -0.05) is 78.9 Å². The molecule has 0 saturated heterocycles. The van der Waals surface area contributed by atoms with E-state index in [1.165, 1.54) is 17.8 Å². The van der Waals surface area contributed by atoms with E-state index in [9.17, 15) is 19.5 Å². The zero-order valence-electron chi connectivity index (χ0n) is 20.3. The first kappa shape index (κ1) is 25.0. The van der Waals surface area contributed by atoms with Gasteiger partial charge in [-0.2, -0.15) is 0 Å². The van der Waals surface area contributed by atoms with Crippen molar-refractivity contribution in [2.75, 3.05) is 11.1 Å². The van der Waals surface area contributed by atoms with Gasteiger partial charge in [0.15, 0.2) is 5.78 Å². The number of carboxylic acids is 1. The Bertz CT molecular complexity index is 1620. The summed E-state index contributed by atoms with van der Waals surface area (Å²) in [7, 11) is 0. The van der Waals surface area contributed by atoms with Crippen molar-refractivity contribution in [1.82, 2.24) is 0 Å². The summed E-state index contributed by atoms with van der Waals surface area (Å²) in [5.41, 5.74) is 3.79. The molecule has 5 aromatic carbocycles. The predicted molar refractivity (Wildman–Crippen MR) is 152 cm³/mol. The van der Waals surface area contributed by atoms with Crippen LogP contribution in [0.1, 0.15) is 31.1 Å². The van der Waals surface area contributed by atoms with Crippen LogP contribution in [0.15, 0.2) is 120 Å². The minimum absolute atomic E-state index is 0.0391. The van der Waals surface area contributed by atoms with Crippen molar-refractivity contribution in [2.45, 2.75) is 4.90 Å². The summed E-state index contributed by atoms with van der Waals surface area (Å²) in [6, 6.07) is 34.9. The summed E-state index contributed by atoms with van der Waals surface area (Å²) in [6.45, 7) is 0. The van der Waals surface area contributed by atoms with Crippen molar-refractivity contribution in [3.63, 3.8) is 0 Å². The van der Waals surface area contributed by atoms with E-state index in [2.05, 4.69) is 5.32 Å². The normalized spacial score (nSPS) is 10.7. The number of carbonyl (C=O) groups is 3. The van der Waals surface area contributed by atoms with Crippen LogP contribution in [0.25, 0.3) is 21.9 Å². The highest BCUT2D eigenvalue weighted by molar-refractivity contribution is 8.00. The average Bonchev–Trinajstić information content (AvgIpc) is 2.96. The molecule has 0 aliphatic rings. The number of fused-ring (bicyclic) bond motifs is 1. The zero-order valence-corrected chi connectivity index (χ0v) is 21.1. The number of aromatic carboxylic acids is 1. The van der Waals surface area contributed by atoms with E-state index in [1.807, 2.05) is 66.7 Å². The topological polar surface area (TPSA) is 83.5 Å². The highest BCUT2D eigenvalue weighted by Gasteiger charge is 2.17. The molecular weight excluding hydrogens is 494 g/mol. The number of carbonyl (C=O) groups excluding carboxylic acids is 2. The van der Waals surface area contributed by atoms with Crippen LogP contribution in [0.2, 0.25) is 0 Å². The first-order valence-corrected chi connectivity index (χ1v) is 13.0. The quantitative estimate of drug-likeness (QED) is 0.165. The number of anilines is 1. The van der Waals surface area contributed by atoms with Crippen LogP contribution in [-0.2, 0) is 0 Å². The molecule has 5 aromatic rings. The largest absolute Gasteiger partial charge is 0.478 e. The number of amides is 1. The molecule has 5 nitrogen and oxygen atoms in total. The molecule has 0 bridgehead atoms. The third kappa shape index (κ3) is 5.51. The molecular formula is C32H23NO4S. The highest BCUT2D eigenvalue weighted by atomic mass is 32.2. The summed E-state index contributed by atoms with van der Waals surface area (Å²) in [6.07, 6.45) is 0. The second-order valence-electron chi connectivity index (χ2n) is 8.65. The third-order valence-electron chi connectivity index (χ3n) is 6.18. The van der Waals surface area contributed by atoms with Crippen LogP contribution in [-0.4, -0.2) is 28.5 Å². The lowest BCUT2D eigenvalue weighted by atomic mass is 9.98. The number of hydrogen-bond donors (Lipinski definition) is 2. The first-order valence-electron chi connectivity index (χ1n) is 12.0. The van der Waals surface area contributed by atoms with Crippen LogP contribution in [0.4, 0.5) is 5.69 Å². The fourth-order valence-electron chi connectivity index (χ4n) is 4.25. The van der Waals surface area contributed by atoms with E-state index in [4.69, 9.17) is 0 Å². The Hall–Kier alpha value is -4.68. The minimum Gasteiger partial charge on any atom is -0.478 e. The number of benzene rings is 5. The molecule has 6 heteroatoms. The van der Waals surface area contributed by atoms with Crippen LogP contribution in [0, 0.1) is 0 Å². The van der Waals surface area contributed by atoms with Crippen molar-refractivity contribution >= 4 is 45.9 Å². The van der Waals surface area contributed by atoms with Gasteiger partial charge in [-0.3, -0.25) is 9.59 Å². The summed E-state index contributed by atoms with van der Waals surface area (Å²) < 4.78 is 0. The SMILES string of the molecule is O=C(CSc1ccc(NC(=O)c2cccc3cccc(C(=O)O)c23)cc1)c1ccc(-c2ccccc2)cc1. The van der Waals surface area contributed by atoms with Crippen molar-refractivity contribution in [3.8, 4) is 11.1 Å². The number of hydrogen-bond acceptors (Lipinski definition) is 4. The first-order chi connectivity index (χ1) is 18.5. The van der Waals surface area contributed by atoms with Gasteiger partial charge in [-0.25, -0.2) is 4.79 Å². The molecule has 0 atom stereocenters. The van der Waals surface area contributed by atoms with Gasteiger partial charge in [0.2, 0.25) is 0 Å². The van der Waals surface area contributed by atoms with E-state index < -0.39 is 5.97 Å². The lowest BCUT2D eigenvalue weighted by molar-refractivity contribution is 0.0698. The number of rotatable bonds is 8. The maximum Gasteiger partial charge on any atom is 0.336 e. The molecule has 0 aromatic heterocycles. The molecule has 0 heterocycles. The molecule has 5 rings (SSSR count). The number of thioether (sulfide) groups is 1. The van der Waals surface area contributed by atoms with Gasteiger partial charge in [0, 0.05) is 27.1 Å². The van der Waals surface area contributed by atoms with E-state index in [1.54, 1.807) is 42.5 Å². The number of ketones is 1. The maximum atomic E-state index is 13.0. The van der Waals surface area contributed by atoms with Gasteiger partial charge in [0.25, 0.3) is 5.91 Å². The highest BCUT2D eigenvalue weighted by Crippen LogP contribution is 2.26. The Balaban J connectivity index is 1.22. The van der Waals surface area contributed by atoms with Crippen LogP contribution >= 0.6 is 11.8 Å². The van der Waals surface area contributed by atoms with Crippen molar-refractivity contribution in [2.24, 2.45) is 0 Å². The fraction of sp³-hybridized carbons (Fsp3) is 0.0312. The Morgan fingerprint density at radius 2 is 1.29 bits per heavy atom. The maximum absolute atomic E-state index is 13.0. The van der Waals surface area contributed by atoms with Crippen LogP contribution in [0.3, 0.4) is 0 Å². The molecule has 186 valence electrons. The summed E-state index contributed by atoms with van der Waals surface area (Å²) >= 11 is 1.43. The van der Waals surface area contributed by atoms with E-state index in [-0.39, 0.29) is 17.3 Å². The molecule has 0 radical (unpaired) electrons. The van der Waals surface area contributed by atoms with Gasteiger partial charge in [-0.05, 0) is 52.9 Å². The van der Waals surface area contributed by atoms with Crippen molar-refractivity contribution in [3.05, 3.63) is 132 Å². The summed E-state index contributed by atoms with van der Waals surface area (Å²) in [4.78, 5) is 38.3. The lowest BCUT2D eigenvalue weighted by Crippen LogP contribution is -2.13. The van der Waals surface area contributed by atoms with E-state index in [0.29, 0.717) is 33.3 Å². The Kier molecular flexibility index (Phi) is 7.33. The van der Waals surface area contributed by atoms with Gasteiger partial charge in [-0.15, -0.1) is 11.8 Å². The van der Waals surface area contributed by atoms with E-state index >= 15 is 0 Å².